The summed E-state index contributed by atoms with van der Waals surface area (Å²) < 4.78 is 4.59. The van der Waals surface area contributed by atoms with Gasteiger partial charge in [0.25, 0.3) is 11.8 Å². The molecule has 0 aromatic heterocycles. The monoisotopic (exact) mass is 198 g/mol. The van der Waals surface area contributed by atoms with E-state index in [9.17, 15) is 14.4 Å². The Kier molecular flexibility index (Phi) is 3.35. The average molecular weight is 198 g/mol. The van der Waals surface area contributed by atoms with Gasteiger partial charge in [0.2, 0.25) is 5.91 Å². The number of hydrogen-bond acceptors (Lipinski definition) is 4. The summed E-state index contributed by atoms with van der Waals surface area (Å²) in [5.41, 5.74) is 0. The molecular formula is C8H10N2O4. The smallest absolute Gasteiger partial charge is 0.254 e. The van der Waals surface area contributed by atoms with Crippen molar-refractivity contribution in [3.05, 3.63) is 12.2 Å². The Morgan fingerprint density at radius 3 is 2.50 bits per heavy atom. The van der Waals surface area contributed by atoms with Crippen LogP contribution in [0.1, 0.15) is 0 Å². The number of ether oxygens (including phenoxy) is 1. The zero-order valence-corrected chi connectivity index (χ0v) is 7.65. The number of rotatable bonds is 4. The number of hydrogen-bond donors (Lipinski definition) is 1. The fourth-order valence-electron chi connectivity index (χ4n) is 0.939. The molecule has 1 heterocycles. The molecule has 0 radical (unpaired) electrons. The first kappa shape index (κ1) is 10.4. The van der Waals surface area contributed by atoms with Gasteiger partial charge in [-0.3, -0.25) is 19.3 Å². The van der Waals surface area contributed by atoms with Crippen LogP contribution in [0, 0.1) is 0 Å². The maximum atomic E-state index is 11.1. The van der Waals surface area contributed by atoms with Gasteiger partial charge >= 0.3 is 0 Å². The molecule has 0 aliphatic carbocycles. The van der Waals surface area contributed by atoms with Crippen LogP contribution in [0.25, 0.3) is 0 Å². The maximum Gasteiger partial charge on any atom is 0.254 e. The van der Waals surface area contributed by atoms with Gasteiger partial charge in [-0.25, -0.2) is 0 Å². The Labute approximate surface area is 80.5 Å². The highest BCUT2D eigenvalue weighted by atomic mass is 16.5. The van der Waals surface area contributed by atoms with Gasteiger partial charge in [-0.05, 0) is 0 Å². The predicted octanol–water partition coefficient (Wildman–Crippen LogP) is -1.37. The maximum absolute atomic E-state index is 11.1. The van der Waals surface area contributed by atoms with E-state index < -0.39 is 17.7 Å². The van der Waals surface area contributed by atoms with Gasteiger partial charge in [0.05, 0.1) is 0 Å². The van der Waals surface area contributed by atoms with Crippen LogP contribution >= 0.6 is 0 Å². The highest BCUT2D eigenvalue weighted by molar-refractivity contribution is 6.14. The van der Waals surface area contributed by atoms with Crippen molar-refractivity contribution in [2.24, 2.45) is 0 Å². The highest BCUT2D eigenvalue weighted by Gasteiger charge is 2.25. The van der Waals surface area contributed by atoms with Crippen molar-refractivity contribution < 1.29 is 19.1 Å². The zero-order valence-electron chi connectivity index (χ0n) is 7.65. The van der Waals surface area contributed by atoms with Crippen molar-refractivity contribution in [2.45, 2.75) is 0 Å². The van der Waals surface area contributed by atoms with E-state index in [4.69, 9.17) is 0 Å². The van der Waals surface area contributed by atoms with Gasteiger partial charge in [0.15, 0.2) is 0 Å². The molecule has 6 nitrogen and oxygen atoms in total. The SMILES string of the molecule is COCNC(=O)CN1C(=O)C=CC1=O. The molecule has 0 saturated heterocycles. The quantitative estimate of drug-likeness (QED) is 0.446. The van der Waals surface area contributed by atoms with Crippen LogP contribution < -0.4 is 5.32 Å². The number of imide groups is 1. The molecule has 6 heteroatoms. The van der Waals surface area contributed by atoms with Gasteiger partial charge in [0, 0.05) is 19.3 Å². The number of amides is 3. The lowest BCUT2D eigenvalue weighted by molar-refractivity contribution is -0.141. The second-order valence-corrected chi connectivity index (χ2v) is 2.63. The Morgan fingerprint density at radius 1 is 1.43 bits per heavy atom. The van der Waals surface area contributed by atoms with Crippen LogP contribution in [0.15, 0.2) is 12.2 Å². The molecule has 0 fully saturated rings. The highest BCUT2D eigenvalue weighted by Crippen LogP contribution is 2.01. The van der Waals surface area contributed by atoms with E-state index in [0.29, 0.717) is 0 Å². The predicted molar refractivity (Wildman–Crippen MR) is 45.9 cm³/mol. The number of methoxy groups -OCH3 is 1. The molecular weight excluding hydrogens is 188 g/mol. The Bertz CT molecular complexity index is 280. The molecule has 0 atom stereocenters. The van der Waals surface area contributed by atoms with Crippen molar-refractivity contribution >= 4 is 17.7 Å². The zero-order chi connectivity index (χ0) is 10.6. The molecule has 1 aliphatic rings. The van der Waals surface area contributed by atoms with E-state index in [2.05, 4.69) is 10.1 Å². The fraction of sp³-hybridized carbons (Fsp3) is 0.375. The minimum Gasteiger partial charge on any atom is -0.364 e. The molecule has 1 aliphatic heterocycles. The standard InChI is InChI=1S/C8H10N2O4/c1-14-5-9-6(11)4-10-7(12)2-3-8(10)13/h2-3H,4-5H2,1H3,(H,9,11). The van der Waals surface area contributed by atoms with Crippen LogP contribution in [0.4, 0.5) is 0 Å². The van der Waals surface area contributed by atoms with E-state index in [-0.39, 0.29) is 13.3 Å². The van der Waals surface area contributed by atoms with Gasteiger partial charge in [-0.2, -0.15) is 0 Å². The summed E-state index contributed by atoms with van der Waals surface area (Å²) in [7, 11) is 1.42. The first-order valence-electron chi connectivity index (χ1n) is 3.94. The summed E-state index contributed by atoms with van der Waals surface area (Å²) in [6.07, 6.45) is 2.26. The lowest BCUT2D eigenvalue weighted by atomic mass is 10.5. The molecule has 1 rings (SSSR count). The number of carbonyl (C=O) groups excluding carboxylic acids is 3. The van der Waals surface area contributed by atoms with E-state index in [1.165, 1.54) is 7.11 Å². The summed E-state index contributed by atoms with van der Waals surface area (Å²) in [6, 6.07) is 0. The van der Waals surface area contributed by atoms with Gasteiger partial charge in [0.1, 0.15) is 13.3 Å². The van der Waals surface area contributed by atoms with Crippen LogP contribution in [0.2, 0.25) is 0 Å². The fourth-order valence-corrected chi connectivity index (χ4v) is 0.939. The molecule has 3 amide bonds. The van der Waals surface area contributed by atoms with E-state index >= 15 is 0 Å². The molecule has 0 aromatic carbocycles. The molecule has 0 bridgehead atoms. The van der Waals surface area contributed by atoms with Crippen LogP contribution in [0.3, 0.4) is 0 Å². The van der Waals surface area contributed by atoms with Crippen molar-refractivity contribution in [1.82, 2.24) is 10.2 Å². The van der Waals surface area contributed by atoms with Gasteiger partial charge in [-0.15, -0.1) is 0 Å². The summed E-state index contributed by atoms with van der Waals surface area (Å²) in [6.45, 7) is -0.212. The van der Waals surface area contributed by atoms with Crippen molar-refractivity contribution in [3.8, 4) is 0 Å². The van der Waals surface area contributed by atoms with E-state index in [1.807, 2.05) is 0 Å². The lowest BCUT2D eigenvalue weighted by Crippen LogP contribution is -2.40. The summed E-state index contributed by atoms with van der Waals surface area (Å²) in [5, 5.41) is 2.37. The Hall–Kier alpha value is -1.69. The average Bonchev–Trinajstić information content (AvgIpc) is 2.46. The second kappa shape index (κ2) is 4.52. The van der Waals surface area contributed by atoms with E-state index in [0.717, 1.165) is 17.1 Å². The van der Waals surface area contributed by atoms with Crippen LogP contribution in [-0.4, -0.2) is 43.0 Å². The Balaban J connectivity index is 2.41. The van der Waals surface area contributed by atoms with Crippen LogP contribution in [0.5, 0.6) is 0 Å². The first-order valence-corrected chi connectivity index (χ1v) is 3.94. The normalized spacial score (nSPS) is 15.1. The third-order valence-electron chi connectivity index (χ3n) is 1.62. The third kappa shape index (κ3) is 2.40. The van der Waals surface area contributed by atoms with Gasteiger partial charge in [-0.1, -0.05) is 0 Å². The molecule has 0 spiro atoms. The summed E-state index contributed by atoms with van der Waals surface area (Å²) in [4.78, 5) is 33.9. The number of nitrogens with zero attached hydrogens (tertiary/aromatic N) is 1. The lowest BCUT2D eigenvalue weighted by Gasteiger charge is -2.12. The van der Waals surface area contributed by atoms with Crippen molar-refractivity contribution in [2.75, 3.05) is 20.4 Å². The molecule has 76 valence electrons. The second-order valence-electron chi connectivity index (χ2n) is 2.63. The van der Waals surface area contributed by atoms with Crippen LogP contribution in [-0.2, 0) is 19.1 Å². The molecule has 0 unspecified atom stereocenters. The molecule has 1 N–H and O–H groups in total. The van der Waals surface area contributed by atoms with Gasteiger partial charge < -0.3 is 10.1 Å². The Morgan fingerprint density at radius 2 is 2.00 bits per heavy atom. The number of carbonyl (C=O) groups is 3. The topological polar surface area (TPSA) is 75.7 Å². The van der Waals surface area contributed by atoms with Crippen molar-refractivity contribution in [1.29, 1.82) is 0 Å². The minimum absolute atomic E-state index is 0.0580. The summed E-state index contributed by atoms with van der Waals surface area (Å²) >= 11 is 0. The summed E-state index contributed by atoms with van der Waals surface area (Å²) in [5.74, 6) is -1.37. The molecule has 0 saturated carbocycles. The van der Waals surface area contributed by atoms with E-state index in [1.54, 1.807) is 0 Å². The first-order chi connectivity index (χ1) is 6.65. The van der Waals surface area contributed by atoms with Crippen molar-refractivity contribution in [3.63, 3.8) is 0 Å². The molecule has 0 aromatic rings. The molecule has 14 heavy (non-hydrogen) atoms. The third-order valence-corrected chi connectivity index (χ3v) is 1.62. The largest absolute Gasteiger partial charge is 0.364 e. The number of nitrogens with one attached hydrogen (secondary N) is 1. The minimum atomic E-state index is -0.470.